The van der Waals surface area contributed by atoms with E-state index in [-0.39, 0.29) is 17.4 Å². The fourth-order valence-corrected chi connectivity index (χ4v) is 8.52. The third kappa shape index (κ3) is 3.57. The first-order chi connectivity index (χ1) is 16.5. The Hall–Kier alpha value is -2.64. The van der Waals surface area contributed by atoms with Crippen molar-refractivity contribution in [2.45, 2.75) is 44.9 Å². The molecule has 4 saturated carbocycles. The van der Waals surface area contributed by atoms with Gasteiger partial charge in [0.05, 0.1) is 6.61 Å². The number of nitrogens with zero attached hydrogens (tertiary/aromatic N) is 4. The summed E-state index contributed by atoms with van der Waals surface area (Å²) in [7, 11) is 0. The van der Waals surface area contributed by atoms with Crippen LogP contribution in [0.5, 0.6) is 0 Å². The highest BCUT2D eigenvalue weighted by Crippen LogP contribution is 2.60. The minimum absolute atomic E-state index is 0.0393. The van der Waals surface area contributed by atoms with E-state index < -0.39 is 0 Å². The highest BCUT2D eigenvalue weighted by molar-refractivity contribution is 5.97. The molecule has 2 aromatic rings. The monoisotopic (exact) mass is 463 g/mol. The lowest BCUT2D eigenvalue weighted by molar-refractivity contribution is -0.0870. The number of carbonyl (C=O) groups is 2. The van der Waals surface area contributed by atoms with E-state index in [1.165, 1.54) is 38.5 Å². The van der Waals surface area contributed by atoms with Crippen LogP contribution in [0.4, 0.5) is 4.79 Å². The smallest absolute Gasteiger partial charge is 0.409 e. The molecule has 3 heterocycles. The number of rotatable bonds is 3. The number of aromatic amines is 1. The second-order valence-electron chi connectivity index (χ2n) is 12.1. The fourth-order valence-electron chi connectivity index (χ4n) is 8.52. The maximum atomic E-state index is 13.2. The van der Waals surface area contributed by atoms with Crippen molar-refractivity contribution in [1.29, 1.82) is 0 Å². The normalized spacial score (nSPS) is 36.2. The van der Waals surface area contributed by atoms with Gasteiger partial charge in [0.25, 0.3) is 5.91 Å². The lowest BCUT2D eigenvalue weighted by Crippen LogP contribution is -2.56. The van der Waals surface area contributed by atoms with E-state index in [0.29, 0.717) is 55.7 Å². The Morgan fingerprint density at radius 1 is 0.853 bits per heavy atom. The van der Waals surface area contributed by atoms with Crippen molar-refractivity contribution in [3.05, 3.63) is 23.8 Å². The van der Waals surface area contributed by atoms with Gasteiger partial charge in [0.1, 0.15) is 11.0 Å². The van der Waals surface area contributed by atoms with E-state index in [0.717, 1.165) is 29.7 Å². The number of nitrogens with one attached hydrogen (secondary N) is 1. The molecule has 2 atom stereocenters. The van der Waals surface area contributed by atoms with Crippen molar-refractivity contribution in [2.24, 2.45) is 35.0 Å². The molecule has 0 radical (unpaired) electrons. The van der Waals surface area contributed by atoms with Crippen LogP contribution >= 0.6 is 0 Å². The van der Waals surface area contributed by atoms with Gasteiger partial charge in [-0.3, -0.25) is 4.79 Å². The zero-order chi connectivity index (χ0) is 22.9. The van der Waals surface area contributed by atoms with Crippen molar-refractivity contribution >= 4 is 23.0 Å². The number of aromatic nitrogens is 3. The largest absolute Gasteiger partial charge is 0.449 e. The molecule has 2 aliphatic heterocycles. The lowest BCUT2D eigenvalue weighted by Gasteiger charge is -2.56. The highest BCUT2D eigenvalue weighted by Gasteiger charge is 2.51. The minimum atomic E-state index is -0.137. The molecule has 6 aliphatic rings. The predicted octanol–water partition coefficient (Wildman–Crippen LogP) is 3.70. The van der Waals surface area contributed by atoms with Gasteiger partial charge in [-0.2, -0.15) is 15.4 Å². The summed E-state index contributed by atoms with van der Waals surface area (Å²) < 4.78 is 6.00. The zero-order valence-corrected chi connectivity index (χ0v) is 19.6. The number of likely N-dealkylation sites (tertiary alicyclic amines) is 2. The van der Waals surface area contributed by atoms with Gasteiger partial charge in [-0.25, -0.2) is 4.79 Å². The number of benzene rings is 1. The molecule has 2 amide bonds. The molecule has 34 heavy (non-hydrogen) atoms. The number of piperidine rings is 2. The van der Waals surface area contributed by atoms with E-state index >= 15 is 0 Å². The molecule has 6 fully saturated rings. The van der Waals surface area contributed by atoms with Gasteiger partial charge in [-0.1, -0.05) is 0 Å². The van der Waals surface area contributed by atoms with Gasteiger partial charge in [-0.05, 0) is 92.7 Å². The molecule has 4 aliphatic carbocycles. The second kappa shape index (κ2) is 7.68. The average molecular weight is 464 g/mol. The Labute approximate surface area is 199 Å². The predicted molar refractivity (Wildman–Crippen MR) is 125 cm³/mol. The summed E-state index contributed by atoms with van der Waals surface area (Å²) in [4.78, 5) is 30.1. The summed E-state index contributed by atoms with van der Waals surface area (Å²) in [5.41, 5.74) is 2.36. The van der Waals surface area contributed by atoms with Gasteiger partial charge in [0, 0.05) is 37.2 Å². The molecule has 1 aromatic heterocycles. The van der Waals surface area contributed by atoms with Crippen molar-refractivity contribution < 1.29 is 14.3 Å². The molecular formula is C26H33N5O3. The van der Waals surface area contributed by atoms with E-state index in [1.54, 1.807) is 6.07 Å². The molecule has 8 nitrogen and oxygen atoms in total. The van der Waals surface area contributed by atoms with Crippen LogP contribution in [0.1, 0.15) is 55.3 Å². The highest BCUT2D eigenvalue weighted by atomic mass is 16.6. The third-order valence-corrected chi connectivity index (χ3v) is 9.36. The summed E-state index contributed by atoms with van der Waals surface area (Å²) in [6, 6.07) is 5.46. The quantitative estimate of drug-likeness (QED) is 0.749. The summed E-state index contributed by atoms with van der Waals surface area (Å²) in [5, 5.41) is 10.8. The first-order valence-electron chi connectivity index (χ1n) is 13.0. The van der Waals surface area contributed by atoms with Crippen molar-refractivity contribution in [3.8, 4) is 0 Å². The van der Waals surface area contributed by atoms with E-state index in [1.807, 2.05) is 21.9 Å². The second-order valence-corrected chi connectivity index (χ2v) is 12.1. The Balaban J connectivity index is 0.972. The van der Waals surface area contributed by atoms with Crippen molar-refractivity contribution in [1.82, 2.24) is 25.2 Å². The number of carbonyl (C=O) groups excluding carboxylic acids is 2. The molecule has 6 bridgehead atoms. The van der Waals surface area contributed by atoms with Crippen LogP contribution in [-0.2, 0) is 4.74 Å². The van der Waals surface area contributed by atoms with Crippen molar-refractivity contribution in [3.63, 3.8) is 0 Å². The van der Waals surface area contributed by atoms with Crippen LogP contribution in [0, 0.1) is 35.0 Å². The zero-order valence-electron chi connectivity index (χ0n) is 19.6. The SMILES string of the molecule is O=C(OCC12CC3CC(CC(C3)C1)C2)N1C[C@H]2C[C@H](C1)CN(C(=O)c1ccc3n[nH]nc3c1)C2. The lowest BCUT2D eigenvalue weighted by atomic mass is 9.50. The van der Waals surface area contributed by atoms with Crippen LogP contribution in [0.25, 0.3) is 11.0 Å². The first-order valence-corrected chi connectivity index (χ1v) is 13.0. The molecule has 8 rings (SSSR count). The first kappa shape index (κ1) is 20.7. The standard InChI is InChI=1S/C26H33N5O3/c32-24(21-1-2-22-23(7-21)28-29-27-22)30-11-19-6-20(12-30)14-31(13-19)25(33)34-15-26-8-16-3-17(9-26)5-18(4-16)10-26/h1-2,7,16-20H,3-6,8-15H2,(H,27,28,29)/t16?,17?,18?,19-,20-,26?/m0/s1. The minimum Gasteiger partial charge on any atom is -0.449 e. The van der Waals surface area contributed by atoms with E-state index in [2.05, 4.69) is 15.4 Å². The summed E-state index contributed by atoms with van der Waals surface area (Å²) in [6.45, 7) is 3.34. The van der Waals surface area contributed by atoms with Crippen LogP contribution in [0.3, 0.4) is 0 Å². The molecule has 2 saturated heterocycles. The molecule has 0 spiro atoms. The fraction of sp³-hybridized carbons (Fsp3) is 0.692. The topological polar surface area (TPSA) is 91.4 Å². The molecule has 0 unspecified atom stereocenters. The average Bonchev–Trinajstić information content (AvgIpc) is 3.28. The summed E-state index contributed by atoms with van der Waals surface area (Å²) >= 11 is 0. The molecule has 1 N–H and O–H groups in total. The number of H-pyrrole nitrogens is 1. The number of amides is 2. The van der Waals surface area contributed by atoms with Crippen LogP contribution in [0.2, 0.25) is 0 Å². The van der Waals surface area contributed by atoms with E-state index in [9.17, 15) is 9.59 Å². The van der Waals surface area contributed by atoms with Gasteiger partial charge in [0.2, 0.25) is 0 Å². The molecule has 8 heteroatoms. The Morgan fingerprint density at radius 2 is 1.44 bits per heavy atom. The van der Waals surface area contributed by atoms with Gasteiger partial charge in [-0.15, -0.1) is 0 Å². The molecule has 1 aromatic carbocycles. The summed E-state index contributed by atoms with van der Waals surface area (Å²) in [6.07, 6.45) is 8.93. The number of ether oxygens (including phenoxy) is 1. The van der Waals surface area contributed by atoms with Gasteiger partial charge in [0.15, 0.2) is 0 Å². The van der Waals surface area contributed by atoms with E-state index in [4.69, 9.17) is 4.74 Å². The maximum absolute atomic E-state index is 13.2. The Bertz CT molecular complexity index is 1080. The third-order valence-electron chi connectivity index (χ3n) is 9.36. The Morgan fingerprint density at radius 3 is 2.12 bits per heavy atom. The number of fused-ring (bicyclic) bond motifs is 3. The number of hydrogen-bond acceptors (Lipinski definition) is 5. The maximum Gasteiger partial charge on any atom is 0.409 e. The molecule has 180 valence electrons. The van der Waals surface area contributed by atoms with Gasteiger partial charge >= 0.3 is 6.09 Å². The van der Waals surface area contributed by atoms with Crippen LogP contribution in [-0.4, -0.2) is 70.0 Å². The van der Waals surface area contributed by atoms with Crippen molar-refractivity contribution in [2.75, 3.05) is 32.8 Å². The van der Waals surface area contributed by atoms with Crippen LogP contribution in [0.15, 0.2) is 18.2 Å². The van der Waals surface area contributed by atoms with Crippen LogP contribution < -0.4 is 0 Å². The number of hydrogen-bond donors (Lipinski definition) is 1. The molecular weight excluding hydrogens is 430 g/mol. The van der Waals surface area contributed by atoms with Gasteiger partial charge < -0.3 is 14.5 Å². The summed E-state index contributed by atoms with van der Waals surface area (Å²) in [5.74, 6) is 3.25. The Kier molecular flexibility index (Phi) is 4.68.